The molecule has 10 nitrogen and oxygen atoms in total. The van der Waals surface area contributed by atoms with E-state index in [0.717, 1.165) is 19.3 Å². The molecule has 0 radical (unpaired) electrons. The fourth-order valence-electron chi connectivity index (χ4n) is 6.62. The largest absolute Gasteiger partial charge is 0.444 e. The van der Waals surface area contributed by atoms with Gasteiger partial charge in [0.2, 0.25) is 17.6 Å². The number of ketones is 1. The molecule has 0 bridgehead atoms. The molecule has 0 unspecified atom stereocenters. The Kier molecular flexibility index (Phi) is 7.59. The van der Waals surface area contributed by atoms with Crippen LogP contribution < -0.4 is 16.0 Å². The van der Waals surface area contributed by atoms with Crippen LogP contribution in [0.2, 0.25) is 0 Å². The van der Waals surface area contributed by atoms with Gasteiger partial charge in [-0.05, 0) is 75.0 Å². The van der Waals surface area contributed by atoms with E-state index in [1.807, 2.05) is 27.7 Å². The van der Waals surface area contributed by atoms with Gasteiger partial charge in [-0.15, -0.1) is 0 Å². The van der Waals surface area contributed by atoms with Crippen LogP contribution in [0.1, 0.15) is 94.4 Å². The van der Waals surface area contributed by atoms with Crippen LogP contribution in [0.25, 0.3) is 0 Å². The van der Waals surface area contributed by atoms with Gasteiger partial charge in [-0.1, -0.05) is 48.0 Å². The van der Waals surface area contributed by atoms with E-state index in [-0.39, 0.29) is 35.1 Å². The van der Waals surface area contributed by atoms with E-state index in [4.69, 9.17) is 4.74 Å². The Morgan fingerprint density at radius 1 is 1.00 bits per heavy atom. The second-order valence-corrected chi connectivity index (χ2v) is 15.2. The molecule has 4 atom stereocenters. The first kappa shape index (κ1) is 30.3. The van der Waals surface area contributed by atoms with Gasteiger partial charge in [0.05, 0.1) is 0 Å². The monoisotopic (exact) mass is 560 g/mol. The van der Waals surface area contributed by atoms with Crippen molar-refractivity contribution in [2.24, 2.45) is 28.6 Å². The maximum atomic E-state index is 14.0. The van der Waals surface area contributed by atoms with Crippen molar-refractivity contribution in [3.05, 3.63) is 0 Å². The lowest BCUT2D eigenvalue weighted by molar-refractivity contribution is -0.151. The first-order chi connectivity index (χ1) is 18.3. The van der Waals surface area contributed by atoms with Crippen LogP contribution in [0.15, 0.2) is 0 Å². The lowest BCUT2D eigenvalue weighted by Crippen LogP contribution is -2.68. The fourth-order valence-corrected chi connectivity index (χ4v) is 6.62. The van der Waals surface area contributed by atoms with Crippen molar-refractivity contribution >= 4 is 29.6 Å². The van der Waals surface area contributed by atoms with Crippen LogP contribution in [-0.4, -0.2) is 70.3 Å². The van der Waals surface area contributed by atoms with Gasteiger partial charge >= 0.3 is 6.09 Å². The van der Waals surface area contributed by atoms with E-state index >= 15 is 0 Å². The molecule has 1 saturated heterocycles. The van der Waals surface area contributed by atoms with Crippen molar-refractivity contribution in [3.63, 3.8) is 0 Å². The number of ether oxygens (including phenoxy) is 1. The molecule has 1 aliphatic heterocycles. The average molecular weight is 561 g/mol. The van der Waals surface area contributed by atoms with E-state index in [1.54, 1.807) is 25.7 Å². The standard InChI is InChI=1S/C30H48N4O6/c1-10-16-13-30(14-16,22(35)24(37)31-17-11-12-17)33-23(36)20-19-18(29(19,8)9)15-34(20)25(38)21(27(2,3)4)32-26(39)40-28(5,6)7/h16-21H,10-15H2,1-9H3,(H,31,37)(H,32,39)(H,33,36)/t16?,18-,19-,20-,21+,30?/m0/s1. The molecule has 0 aromatic carbocycles. The van der Waals surface area contributed by atoms with Crippen molar-refractivity contribution in [1.82, 2.24) is 20.9 Å². The number of likely N-dealkylation sites (tertiary alicyclic amines) is 1. The summed E-state index contributed by atoms with van der Waals surface area (Å²) in [5.74, 6) is -1.70. The van der Waals surface area contributed by atoms with Gasteiger partial charge in [-0.3, -0.25) is 19.2 Å². The highest BCUT2D eigenvalue weighted by Gasteiger charge is 2.70. The summed E-state index contributed by atoms with van der Waals surface area (Å²) >= 11 is 0. The number of rotatable bonds is 8. The van der Waals surface area contributed by atoms with Crippen molar-refractivity contribution < 1.29 is 28.7 Å². The minimum absolute atomic E-state index is 0.0361. The van der Waals surface area contributed by atoms with Crippen LogP contribution in [0.4, 0.5) is 4.79 Å². The second kappa shape index (κ2) is 10.0. The molecular weight excluding hydrogens is 512 g/mol. The summed E-state index contributed by atoms with van der Waals surface area (Å²) in [4.78, 5) is 68.4. The number of Topliss-reactive ketones (excluding diaryl/α,β-unsaturated/α-hetero) is 1. The third kappa shape index (κ3) is 5.86. The van der Waals surface area contributed by atoms with E-state index in [0.29, 0.717) is 19.4 Å². The number of hydrogen-bond acceptors (Lipinski definition) is 6. The van der Waals surface area contributed by atoms with Gasteiger partial charge in [0.15, 0.2) is 0 Å². The van der Waals surface area contributed by atoms with Gasteiger partial charge in [0.1, 0.15) is 23.2 Å². The third-order valence-electron chi connectivity index (χ3n) is 9.30. The number of nitrogens with zero attached hydrogens (tertiary/aromatic N) is 1. The van der Waals surface area contributed by atoms with Crippen LogP contribution in [-0.2, 0) is 23.9 Å². The normalized spacial score (nSPS) is 31.3. The predicted octanol–water partition coefficient (Wildman–Crippen LogP) is 2.93. The first-order valence-electron chi connectivity index (χ1n) is 14.8. The number of carbonyl (C=O) groups is 5. The van der Waals surface area contributed by atoms with Gasteiger partial charge in [0, 0.05) is 12.6 Å². The molecule has 0 aromatic rings. The molecule has 1 heterocycles. The summed E-state index contributed by atoms with van der Waals surface area (Å²) in [6.07, 6.45) is 2.70. The van der Waals surface area contributed by atoms with Crippen LogP contribution in [0, 0.1) is 28.6 Å². The van der Waals surface area contributed by atoms with Crippen LogP contribution >= 0.6 is 0 Å². The highest BCUT2D eigenvalue weighted by atomic mass is 16.6. The molecule has 3 N–H and O–H groups in total. The number of amides is 4. The summed E-state index contributed by atoms with van der Waals surface area (Å²) in [5, 5.41) is 8.50. The average Bonchev–Trinajstić information content (AvgIpc) is 3.63. The molecule has 4 fully saturated rings. The molecular formula is C30H48N4O6. The number of fused-ring (bicyclic) bond motifs is 1. The topological polar surface area (TPSA) is 134 Å². The number of hydrogen-bond donors (Lipinski definition) is 3. The van der Waals surface area contributed by atoms with E-state index in [1.165, 1.54) is 0 Å². The Hall–Kier alpha value is -2.65. The highest BCUT2D eigenvalue weighted by molar-refractivity contribution is 6.40. The Bertz CT molecular complexity index is 1080. The summed E-state index contributed by atoms with van der Waals surface area (Å²) in [5.41, 5.74) is -2.78. The van der Waals surface area contributed by atoms with Crippen molar-refractivity contribution in [1.29, 1.82) is 0 Å². The predicted molar refractivity (Wildman–Crippen MR) is 149 cm³/mol. The molecule has 0 aromatic heterocycles. The zero-order valence-electron chi connectivity index (χ0n) is 25.6. The molecule has 4 rings (SSSR count). The fraction of sp³-hybridized carbons (Fsp3) is 0.833. The maximum absolute atomic E-state index is 14.0. The van der Waals surface area contributed by atoms with Crippen LogP contribution in [0.3, 0.4) is 0 Å². The van der Waals surface area contributed by atoms with E-state index in [9.17, 15) is 24.0 Å². The number of carbonyl (C=O) groups excluding carboxylic acids is 5. The summed E-state index contributed by atoms with van der Waals surface area (Å²) < 4.78 is 5.43. The third-order valence-corrected chi connectivity index (χ3v) is 9.30. The zero-order chi connectivity index (χ0) is 30.0. The summed E-state index contributed by atoms with van der Waals surface area (Å²) in [6.45, 7) is 17.4. The van der Waals surface area contributed by atoms with Crippen molar-refractivity contribution in [2.45, 2.75) is 124 Å². The molecule has 3 aliphatic carbocycles. The lowest BCUT2D eigenvalue weighted by atomic mass is 9.64. The van der Waals surface area contributed by atoms with E-state index in [2.05, 4.69) is 29.8 Å². The Morgan fingerprint density at radius 3 is 2.10 bits per heavy atom. The SMILES string of the molecule is CCC1CC(NC(=O)[C@@H]2[C@@H]3[C@H](CN2C(=O)[C@@H](NC(=O)OC(C)(C)C)C(C)(C)C)C3(C)C)(C(=O)C(=O)NC2CC2)C1. The smallest absolute Gasteiger partial charge is 0.408 e. The number of piperidine rings is 1. The quantitative estimate of drug-likeness (QED) is 0.391. The number of nitrogens with one attached hydrogen (secondary N) is 3. The van der Waals surface area contributed by atoms with Crippen molar-refractivity contribution in [2.75, 3.05) is 6.54 Å². The Balaban J connectivity index is 1.56. The highest BCUT2D eigenvalue weighted by Crippen LogP contribution is 2.65. The number of alkyl carbamates (subject to hydrolysis) is 1. The zero-order valence-corrected chi connectivity index (χ0v) is 25.6. The van der Waals surface area contributed by atoms with Gasteiger partial charge in [0.25, 0.3) is 5.91 Å². The summed E-state index contributed by atoms with van der Waals surface area (Å²) in [7, 11) is 0. The molecule has 4 amide bonds. The first-order valence-corrected chi connectivity index (χ1v) is 14.8. The Morgan fingerprint density at radius 2 is 1.60 bits per heavy atom. The minimum Gasteiger partial charge on any atom is -0.444 e. The lowest BCUT2D eigenvalue weighted by Gasteiger charge is -2.47. The molecule has 0 spiro atoms. The molecule has 40 heavy (non-hydrogen) atoms. The second-order valence-electron chi connectivity index (χ2n) is 15.2. The molecule has 10 heteroatoms. The Labute approximate surface area is 238 Å². The van der Waals surface area contributed by atoms with Crippen molar-refractivity contribution in [3.8, 4) is 0 Å². The van der Waals surface area contributed by atoms with Gasteiger partial charge in [-0.2, -0.15) is 0 Å². The van der Waals surface area contributed by atoms with E-state index < -0.39 is 52.3 Å². The van der Waals surface area contributed by atoms with Gasteiger partial charge in [-0.25, -0.2) is 4.79 Å². The molecule has 3 saturated carbocycles. The van der Waals surface area contributed by atoms with Gasteiger partial charge < -0.3 is 25.6 Å². The minimum atomic E-state index is -1.25. The summed E-state index contributed by atoms with van der Waals surface area (Å²) in [6, 6.07) is -1.69. The molecule has 224 valence electrons. The maximum Gasteiger partial charge on any atom is 0.408 e. The van der Waals surface area contributed by atoms with Crippen LogP contribution in [0.5, 0.6) is 0 Å². The molecule has 4 aliphatic rings.